The second kappa shape index (κ2) is 9.15. The first-order chi connectivity index (χ1) is 15.2. The molecule has 0 unspecified atom stereocenters. The fourth-order valence-electron chi connectivity index (χ4n) is 4.36. The molecule has 1 saturated carbocycles. The number of nitrogen functional groups attached to an aromatic ring is 1. The number of hydrogen-bond donors (Lipinski definition) is 3. The van der Waals surface area contributed by atoms with Gasteiger partial charge in [-0.3, -0.25) is 0 Å². The van der Waals surface area contributed by atoms with E-state index in [9.17, 15) is 21.9 Å². The fourth-order valence-corrected chi connectivity index (χ4v) is 7.49. The SMILES string of the molecule is Nc1ccc(S(=O)(=O)Cc2ccc3c(c2)B(O)OC3)c(CNS(=O)(=O)C2CCCCC2)c1. The molecule has 4 N–H and O–H groups in total. The summed E-state index contributed by atoms with van der Waals surface area (Å²) in [5, 5.41) is 9.45. The van der Waals surface area contributed by atoms with Crippen molar-refractivity contribution in [2.45, 2.75) is 61.2 Å². The predicted octanol–water partition coefficient (Wildman–Crippen LogP) is 1.21. The predicted molar refractivity (Wildman–Crippen MR) is 123 cm³/mol. The zero-order valence-corrected chi connectivity index (χ0v) is 19.3. The molecule has 11 heteroatoms. The van der Waals surface area contributed by atoms with Crippen molar-refractivity contribution >= 4 is 38.1 Å². The molecule has 2 aliphatic rings. The molecule has 1 aliphatic carbocycles. The first kappa shape index (κ1) is 23.3. The Morgan fingerprint density at radius 1 is 1.06 bits per heavy atom. The summed E-state index contributed by atoms with van der Waals surface area (Å²) in [4.78, 5) is 0.0374. The van der Waals surface area contributed by atoms with E-state index in [1.807, 2.05) is 0 Å². The molecule has 1 fully saturated rings. The highest BCUT2D eigenvalue weighted by Crippen LogP contribution is 2.26. The van der Waals surface area contributed by atoms with Crippen LogP contribution in [0.2, 0.25) is 0 Å². The van der Waals surface area contributed by atoms with Crippen molar-refractivity contribution in [1.29, 1.82) is 0 Å². The van der Waals surface area contributed by atoms with Crippen LogP contribution in [0.4, 0.5) is 5.69 Å². The highest BCUT2D eigenvalue weighted by Gasteiger charge is 2.30. The van der Waals surface area contributed by atoms with Crippen LogP contribution in [0.3, 0.4) is 0 Å². The van der Waals surface area contributed by atoms with Crippen LogP contribution >= 0.6 is 0 Å². The molecule has 32 heavy (non-hydrogen) atoms. The van der Waals surface area contributed by atoms with Crippen molar-refractivity contribution in [1.82, 2.24) is 4.72 Å². The Morgan fingerprint density at radius 3 is 2.56 bits per heavy atom. The van der Waals surface area contributed by atoms with Gasteiger partial charge in [-0.15, -0.1) is 0 Å². The summed E-state index contributed by atoms with van der Waals surface area (Å²) in [5.74, 6) is -0.292. The number of sulfone groups is 1. The molecule has 0 spiro atoms. The van der Waals surface area contributed by atoms with Gasteiger partial charge < -0.3 is 15.4 Å². The number of sulfonamides is 1. The van der Waals surface area contributed by atoms with E-state index in [0.717, 1.165) is 24.8 Å². The topological polar surface area (TPSA) is 136 Å². The monoisotopic (exact) mass is 478 g/mol. The molecule has 4 rings (SSSR count). The summed E-state index contributed by atoms with van der Waals surface area (Å²) in [6.45, 7) is 0.141. The second-order valence-electron chi connectivity index (χ2n) is 8.45. The maximum atomic E-state index is 13.2. The molecular weight excluding hydrogens is 451 g/mol. The van der Waals surface area contributed by atoms with E-state index in [4.69, 9.17) is 10.4 Å². The van der Waals surface area contributed by atoms with Crippen LogP contribution in [-0.2, 0) is 43.4 Å². The molecule has 0 saturated heterocycles. The van der Waals surface area contributed by atoms with Crippen molar-refractivity contribution in [2.24, 2.45) is 0 Å². The van der Waals surface area contributed by atoms with E-state index in [1.54, 1.807) is 18.2 Å². The number of hydrogen-bond acceptors (Lipinski definition) is 7. The van der Waals surface area contributed by atoms with Gasteiger partial charge in [-0.2, -0.15) is 0 Å². The van der Waals surface area contributed by atoms with E-state index < -0.39 is 32.2 Å². The van der Waals surface area contributed by atoms with Crippen LogP contribution < -0.4 is 15.9 Å². The van der Waals surface area contributed by atoms with Crippen molar-refractivity contribution in [3.8, 4) is 0 Å². The van der Waals surface area contributed by atoms with Crippen LogP contribution in [0.25, 0.3) is 0 Å². The Hall–Kier alpha value is -1.92. The van der Waals surface area contributed by atoms with E-state index in [0.29, 0.717) is 35.1 Å². The Kier molecular flexibility index (Phi) is 6.64. The molecule has 8 nitrogen and oxygen atoms in total. The maximum absolute atomic E-state index is 13.2. The average molecular weight is 478 g/mol. The summed E-state index contributed by atoms with van der Waals surface area (Å²) in [6, 6.07) is 9.48. The van der Waals surface area contributed by atoms with Gasteiger partial charge in [0.15, 0.2) is 9.84 Å². The lowest BCUT2D eigenvalue weighted by molar-refractivity contribution is 0.275. The van der Waals surface area contributed by atoms with Crippen LogP contribution in [0.5, 0.6) is 0 Å². The quantitative estimate of drug-likeness (QED) is 0.402. The van der Waals surface area contributed by atoms with Crippen LogP contribution in [0, 0.1) is 0 Å². The molecular formula is C21H27BN2O6S2. The summed E-state index contributed by atoms with van der Waals surface area (Å²) < 4.78 is 59.6. The Bertz CT molecular complexity index is 1210. The number of nitrogens with one attached hydrogen (secondary N) is 1. The van der Waals surface area contributed by atoms with E-state index in [1.165, 1.54) is 18.2 Å². The lowest BCUT2D eigenvalue weighted by atomic mass is 9.79. The van der Waals surface area contributed by atoms with Crippen LogP contribution in [0.1, 0.15) is 48.8 Å². The highest BCUT2D eigenvalue weighted by molar-refractivity contribution is 7.90. The minimum Gasteiger partial charge on any atom is -0.423 e. The van der Waals surface area contributed by atoms with Crippen molar-refractivity contribution in [3.05, 3.63) is 53.1 Å². The zero-order chi connectivity index (χ0) is 22.9. The minimum atomic E-state index is -3.80. The molecule has 1 aliphatic heterocycles. The first-order valence-corrected chi connectivity index (χ1v) is 13.9. The molecule has 0 aromatic heterocycles. The molecule has 2 aromatic carbocycles. The largest absolute Gasteiger partial charge is 0.491 e. The van der Waals surface area contributed by atoms with Gasteiger partial charge in [0.2, 0.25) is 10.0 Å². The second-order valence-corrected chi connectivity index (χ2v) is 12.5. The smallest absolute Gasteiger partial charge is 0.423 e. The zero-order valence-electron chi connectivity index (χ0n) is 17.7. The average Bonchev–Trinajstić information content (AvgIpc) is 3.13. The molecule has 0 amide bonds. The van der Waals surface area contributed by atoms with Gasteiger partial charge in [0, 0.05) is 12.2 Å². The standard InChI is InChI=1S/C21H27BN2O6S2/c23-18-8-9-21(17(11-18)12-24-32(28,29)19-4-2-1-3-5-19)31(26,27)14-15-6-7-16-13-30-22(25)20(16)10-15/h6-11,19,24-25H,1-5,12-14,23H2. The van der Waals surface area contributed by atoms with Crippen molar-refractivity contribution in [3.63, 3.8) is 0 Å². The maximum Gasteiger partial charge on any atom is 0.491 e. The van der Waals surface area contributed by atoms with Gasteiger partial charge in [-0.05, 0) is 53.2 Å². The fraction of sp³-hybridized carbons (Fsp3) is 0.429. The minimum absolute atomic E-state index is 0.0374. The van der Waals surface area contributed by atoms with E-state index >= 15 is 0 Å². The van der Waals surface area contributed by atoms with Crippen molar-refractivity contribution in [2.75, 3.05) is 5.73 Å². The third-order valence-corrected chi connectivity index (χ3v) is 9.78. The van der Waals surface area contributed by atoms with Gasteiger partial charge in [0.1, 0.15) is 0 Å². The number of anilines is 1. The lowest BCUT2D eigenvalue weighted by Gasteiger charge is -2.22. The first-order valence-electron chi connectivity index (χ1n) is 10.7. The van der Waals surface area contributed by atoms with Gasteiger partial charge in [0.05, 0.1) is 22.5 Å². The van der Waals surface area contributed by atoms with E-state index in [2.05, 4.69) is 4.72 Å². The van der Waals surface area contributed by atoms with E-state index in [-0.39, 0.29) is 23.8 Å². The summed E-state index contributed by atoms with van der Waals surface area (Å²) >= 11 is 0. The van der Waals surface area contributed by atoms with Gasteiger partial charge in [-0.1, -0.05) is 37.5 Å². The van der Waals surface area contributed by atoms with Gasteiger partial charge >= 0.3 is 7.12 Å². The molecule has 0 bridgehead atoms. The van der Waals surface area contributed by atoms with Gasteiger partial charge in [-0.25, -0.2) is 21.6 Å². The van der Waals surface area contributed by atoms with Crippen LogP contribution in [0.15, 0.2) is 41.3 Å². The normalized spacial score (nSPS) is 17.5. The molecule has 172 valence electrons. The third-order valence-electron chi connectivity index (χ3n) is 6.10. The summed E-state index contributed by atoms with van der Waals surface area (Å²) in [6.07, 6.45) is 4.03. The molecule has 2 aromatic rings. The van der Waals surface area contributed by atoms with Crippen molar-refractivity contribution < 1.29 is 26.5 Å². The molecule has 0 radical (unpaired) electrons. The number of nitrogens with two attached hydrogens (primary N) is 1. The highest BCUT2D eigenvalue weighted by atomic mass is 32.2. The molecule has 1 heterocycles. The summed E-state index contributed by atoms with van der Waals surface area (Å²) in [7, 11) is -8.42. The summed E-state index contributed by atoms with van der Waals surface area (Å²) in [5.41, 5.74) is 8.44. The Labute approximate surface area is 189 Å². The van der Waals surface area contributed by atoms with Gasteiger partial charge in [0.25, 0.3) is 0 Å². The lowest BCUT2D eigenvalue weighted by Crippen LogP contribution is -2.35. The number of fused-ring (bicyclic) bond motifs is 1. The Balaban J connectivity index is 1.56. The Morgan fingerprint density at radius 2 is 1.81 bits per heavy atom. The number of benzene rings is 2. The number of rotatable bonds is 7. The molecule has 0 atom stereocenters. The van der Waals surface area contributed by atoms with Crippen LogP contribution in [-0.4, -0.2) is 34.2 Å². The third kappa shape index (κ3) is 5.02.